The highest BCUT2D eigenvalue weighted by Gasteiger charge is 2.55. The van der Waals surface area contributed by atoms with Crippen molar-refractivity contribution in [3.05, 3.63) is 29.3 Å². The number of benzene rings is 1. The van der Waals surface area contributed by atoms with E-state index in [0.717, 1.165) is 30.4 Å². The molecule has 3 atom stereocenters. The Morgan fingerprint density at radius 2 is 1.54 bits per heavy atom. The molecule has 28 heavy (non-hydrogen) atoms. The minimum Gasteiger partial charge on any atom is -0.325 e. The van der Waals surface area contributed by atoms with Gasteiger partial charge in [-0.3, -0.25) is 4.79 Å². The SMILES string of the molecule is CC(C)c1cccc(C(C)C)c1NC(=O)C1C[C@H]2CCC[C@@H](C1)C21SCCS1. The fourth-order valence-electron chi connectivity index (χ4n) is 5.74. The first-order chi connectivity index (χ1) is 13.4. The van der Waals surface area contributed by atoms with Gasteiger partial charge in [0.05, 0.1) is 4.08 Å². The lowest BCUT2D eigenvalue weighted by atomic mass is 9.67. The molecule has 1 aromatic carbocycles. The Morgan fingerprint density at radius 3 is 2.04 bits per heavy atom. The van der Waals surface area contributed by atoms with E-state index in [2.05, 4.69) is 74.7 Å². The summed E-state index contributed by atoms with van der Waals surface area (Å²) < 4.78 is 0.438. The van der Waals surface area contributed by atoms with Crippen LogP contribution in [0.3, 0.4) is 0 Å². The van der Waals surface area contributed by atoms with Gasteiger partial charge in [-0.15, -0.1) is 23.5 Å². The van der Waals surface area contributed by atoms with Crippen LogP contribution < -0.4 is 5.32 Å². The number of para-hydroxylation sites is 1. The van der Waals surface area contributed by atoms with E-state index in [0.29, 0.717) is 15.9 Å². The Bertz CT molecular complexity index is 681. The zero-order valence-electron chi connectivity index (χ0n) is 17.8. The summed E-state index contributed by atoms with van der Waals surface area (Å²) in [5.74, 6) is 5.32. The fourth-order valence-corrected chi connectivity index (χ4v) is 9.68. The summed E-state index contributed by atoms with van der Waals surface area (Å²) in [5, 5.41) is 3.43. The molecule has 2 aliphatic carbocycles. The van der Waals surface area contributed by atoms with Crippen molar-refractivity contribution in [2.75, 3.05) is 16.8 Å². The van der Waals surface area contributed by atoms with Gasteiger partial charge in [-0.25, -0.2) is 0 Å². The highest BCUT2D eigenvalue weighted by Crippen LogP contribution is 2.64. The first-order valence-corrected chi connectivity index (χ1v) is 13.1. The van der Waals surface area contributed by atoms with Gasteiger partial charge < -0.3 is 5.32 Å². The minimum atomic E-state index is 0.183. The molecule has 154 valence electrons. The molecular formula is C24H35NOS2. The first-order valence-electron chi connectivity index (χ1n) is 11.1. The number of amides is 1. The molecule has 3 aliphatic rings. The second-order valence-corrected chi connectivity index (χ2v) is 12.5. The Morgan fingerprint density at radius 1 is 1.00 bits per heavy atom. The molecule has 1 saturated heterocycles. The van der Waals surface area contributed by atoms with Gasteiger partial charge in [0.25, 0.3) is 0 Å². The molecule has 0 radical (unpaired) electrons. The summed E-state index contributed by atoms with van der Waals surface area (Å²) in [6.07, 6.45) is 6.17. The smallest absolute Gasteiger partial charge is 0.227 e. The Labute approximate surface area is 179 Å². The highest BCUT2D eigenvalue weighted by molar-refractivity contribution is 8.21. The number of thioether (sulfide) groups is 2. The van der Waals surface area contributed by atoms with Crippen molar-refractivity contribution in [2.45, 2.75) is 75.7 Å². The number of hydrogen-bond acceptors (Lipinski definition) is 3. The second-order valence-electron chi connectivity index (χ2n) is 9.52. The van der Waals surface area contributed by atoms with Crippen molar-refractivity contribution >= 4 is 35.1 Å². The van der Waals surface area contributed by atoms with Gasteiger partial charge in [0.2, 0.25) is 5.91 Å². The molecule has 1 spiro atoms. The van der Waals surface area contributed by atoms with Crippen LogP contribution in [0.1, 0.15) is 82.8 Å². The molecule has 0 aromatic heterocycles. The van der Waals surface area contributed by atoms with Crippen LogP contribution in [-0.2, 0) is 4.79 Å². The van der Waals surface area contributed by atoms with Gasteiger partial charge in [-0.1, -0.05) is 52.3 Å². The van der Waals surface area contributed by atoms with Gasteiger partial charge in [0.15, 0.2) is 0 Å². The minimum absolute atomic E-state index is 0.183. The van der Waals surface area contributed by atoms with Crippen molar-refractivity contribution in [1.82, 2.24) is 0 Å². The third-order valence-corrected chi connectivity index (χ3v) is 11.1. The van der Waals surface area contributed by atoms with Gasteiger partial charge in [0, 0.05) is 23.1 Å². The predicted molar refractivity (Wildman–Crippen MR) is 124 cm³/mol. The third-order valence-electron chi connectivity index (χ3n) is 7.11. The average Bonchev–Trinajstić information content (AvgIpc) is 3.10. The number of carbonyl (C=O) groups is 1. The molecule has 4 heteroatoms. The molecule has 2 nitrogen and oxygen atoms in total. The maximum atomic E-state index is 13.4. The molecule has 1 unspecified atom stereocenters. The number of carbonyl (C=O) groups excluding carboxylic acids is 1. The Kier molecular flexibility index (Phi) is 6.09. The lowest BCUT2D eigenvalue weighted by Crippen LogP contribution is -2.48. The largest absolute Gasteiger partial charge is 0.325 e. The van der Waals surface area contributed by atoms with Gasteiger partial charge >= 0.3 is 0 Å². The number of hydrogen-bond donors (Lipinski definition) is 1. The second kappa shape index (κ2) is 8.26. The van der Waals surface area contributed by atoms with E-state index in [1.165, 1.54) is 41.9 Å². The summed E-state index contributed by atoms with van der Waals surface area (Å²) in [4.78, 5) is 13.4. The van der Waals surface area contributed by atoms with E-state index in [1.54, 1.807) is 0 Å². The zero-order chi connectivity index (χ0) is 19.9. The van der Waals surface area contributed by atoms with Crippen LogP contribution in [0.15, 0.2) is 18.2 Å². The van der Waals surface area contributed by atoms with Crippen LogP contribution in [0.2, 0.25) is 0 Å². The van der Waals surface area contributed by atoms with Crippen molar-refractivity contribution in [1.29, 1.82) is 0 Å². The van der Waals surface area contributed by atoms with Gasteiger partial charge in [0.1, 0.15) is 0 Å². The van der Waals surface area contributed by atoms with E-state index < -0.39 is 0 Å². The number of nitrogens with one attached hydrogen (secondary N) is 1. The van der Waals surface area contributed by atoms with E-state index in [4.69, 9.17) is 0 Å². The fraction of sp³-hybridized carbons (Fsp3) is 0.708. The maximum Gasteiger partial charge on any atom is 0.227 e. The van der Waals surface area contributed by atoms with Crippen molar-refractivity contribution in [3.63, 3.8) is 0 Å². The molecule has 2 saturated carbocycles. The molecular weight excluding hydrogens is 382 g/mol. The Balaban J connectivity index is 1.56. The summed E-state index contributed by atoms with van der Waals surface area (Å²) in [6.45, 7) is 8.88. The lowest BCUT2D eigenvalue weighted by molar-refractivity contribution is -0.122. The zero-order valence-corrected chi connectivity index (χ0v) is 19.4. The quantitative estimate of drug-likeness (QED) is 0.579. The predicted octanol–water partition coefficient (Wildman–Crippen LogP) is 6.87. The Hall–Kier alpha value is -0.610. The average molecular weight is 418 g/mol. The molecule has 3 fully saturated rings. The van der Waals surface area contributed by atoms with Crippen LogP contribution in [0.25, 0.3) is 0 Å². The summed E-state index contributed by atoms with van der Waals surface area (Å²) in [6, 6.07) is 6.51. The normalized spacial score (nSPS) is 28.9. The maximum absolute atomic E-state index is 13.4. The van der Waals surface area contributed by atoms with Crippen LogP contribution in [-0.4, -0.2) is 21.5 Å². The van der Waals surface area contributed by atoms with E-state index in [1.807, 2.05) is 0 Å². The van der Waals surface area contributed by atoms with Gasteiger partial charge in [-0.05, 0) is 60.5 Å². The number of rotatable bonds is 4. The third kappa shape index (κ3) is 3.64. The summed E-state index contributed by atoms with van der Waals surface area (Å²) in [5.41, 5.74) is 3.63. The van der Waals surface area contributed by atoms with Gasteiger partial charge in [-0.2, -0.15) is 0 Å². The standard InChI is InChI=1S/C24H35NOS2/c1-15(2)20-9-6-10-21(16(3)4)22(20)25-23(26)17-13-18-7-5-8-19(14-17)24(18)27-11-12-28-24/h6,9-10,15-19H,5,7-8,11-14H2,1-4H3,(H,25,26)/t17?,18-,19+. The van der Waals surface area contributed by atoms with Crippen molar-refractivity contribution in [3.8, 4) is 0 Å². The molecule has 1 aromatic rings. The summed E-state index contributed by atoms with van der Waals surface area (Å²) in [7, 11) is 0. The van der Waals surface area contributed by atoms with Crippen LogP contribution in [0.4, 0.5) is 5.69 Å². The number of anilines is 1. The molecule has 4 rings (SSSR count). The van der Waals surface area contributed by atoms with Crippen molar-refractivity contribution in [2.24, 2.45) is 17.8 Å². The molecule has 1 N–H and O–H groups in total. The highest BCUT2D eigenvalue weighted by atomic mass is 32.2. The van der Waals surface area contributed by atoms with E-state index >= 15 is 0 Å². The van der Waals surface area contributed by atoms with E-state index in [-0.39, 0.29) is 11.8 Å². The summed E-state index contributed by atoms with van der Waals surface area (Å²) >= 11 is 4.44. The molecule has 1 heterocycles. The van der Waals surface area contributed by atoms with E-state index in [9.17, 15) is 4.79 Å². The monoisotopic (exact) mass is 417 g/mol. The molecule has 2 bridgehead atoms. The van der Waals surface area contributed by atoms with Crippen LogP contribution >= 0.6 is 23.5 Å². The lowest BCUT2D eigenvalue weighted by Gasteiger charge is -2.52. The van der Waals surface area contributed by atoms with Crippen molar-refractivity contribution < 1.29 is 4.79 Å². The molecule has 1 amide bonds. The molecule has 1 aliphatic heterocycles. The topological polar surface area (TPSA) is 29.1 Å². The van der Waals surface area contributed by atoms with Crippen LogP contribution in [0, 0.1) is 17.8 Å². The van der Waals surface area contributed by atoms with Crippen LogP contribution in [0.5, 0.6) is 0 Å². The first kappa shape index (κ1) is 20.7.